The highest BCUT2D eigenvalue weighted by Crippen LogP contribution is 2.34. The number of carbonyl (C=O) groups is 2. The molecule has 0 saturated carbocycles. The molecule has 0 aliphatic carbocycles. The number of halogens is 1. The molecule has 0 fully saturated rings. The average Bonchev–Trinajstić information content (AvgIpc) is 2.80. The molecule has 1 aromatic heterocycles. The first-order valence-corrected chi connectivity index (χ1v) is 11.7. The third-order valence-corrected chi connectivity index (χ3v) is 5.22. The van der Waals surface area contributed by atoms with Gasteiger partial charge in [-0.25, -0.2) is 14.8 Å². The number of amides is 2. The maximum atomic E-state index is 12.3. The number of hydrogen-bond acceptors (Lipinski definition) is 8. The van der Waals surface area contributed by atoms with E-state index in [-0.39, 0.29) is 24.6 Å². The molecule has 192 valence electrons. The molecule has 36 heavy (non-hydrogen) atoms. The fourth-order valence-corrected chi connectivity index (χ4v) is 3.49. The first kappa shape index (κ1) is 26.8. The van der Waals surface area contributed by atoms with Gasteiger partial charge in [-0.15, -0.1) is 0 Å². The lowest BCUT2D eigenvalue weighted by Crippen LogP contribution is -2.33. The zero-order valence-electron chi connectivity index (χ0n) is 20.6. The quantitative estimate of drug-likeness (QED) is 0.302. The van der Waals surface area contributed by atoms with Crippen molar-refractivity contribution in [2.45, 2.75) is 45.8 Å². The van der Waals surface area contributed by atoms with Crippen LogP contribution in [0.4, 0.5) is 16.3 Å². The van der Waals surface area contributed by atoms with Gasteiger partial charge in [0.2, 0.25) is 5.91 Å². The molecule has 3 rings (SSSR count). The fourth-order valence-electron chi connectivity index (χ4n) is 3.32. The Hall–Kier alpha value is -3.79. The smallest absolute Gasteiger partial charge is 0.407 e. The van der Waals surface area contributed by atoms with Gasteiger partial charge in [0.15, 0.2) is 11.5 Å². The SMILES string of the molecule is COc1cc2ncnc(Nc3cc(Cl)ccc3CNC(=O)CCCNC(=O)OC(C)(C)C)c2cc1O. The van der Waals surface area contributed by atoms with Gasteiger partial charge in [-0.2, -0.15) is 0 Å². The van der Waals surface area contributed by atoms with Crippen LogP contribution in [0.1, 0.15) is 39.2 Å². The average molecular weight is 516 g/mol. The molecule has 0 bridgehead atoms. The van der Waals surface area contributed by atoms with Crippen LogP contribution in [0.3, 0.4) is 0 Å². The monoisotopic (exact) mass is 515 g/mol. The number of nitrogens with zero attached hydrogens (tertiary/aromatic N) is 2. The van der Waals surface area contributed by atoms with Crippen LogP contribution in [0.5, 0.6) is 11.5 Å². The molecule has 0 aliphatic heterocycles. The van der Waals surface area contributed by atoms with Gasteiger partial charge in [-0.3, -0.25) is 4.79 Å². The Morgan fingerprint density at radius 2 is 1.89 bits per heavy atom. The number of ether oxygens (including phenoxy) is 2. The second kappa shape index (κ2) is 11.8. The third-order valence-electron chi connectivity index (χ3n) is 4.99. The number of aromatic hydroxyl groups is 1. The Bertz CT molecular complexity index is 1250. The first-order valence-electron chi connectivity index (χ1n) is 11.4. The van der Waals surface area contributed by atoms with Crippen LogP contribution in [0.2, 0.25) is 5.02 Å². The molecule has 1 heterocycles. The third kappa shape index (κ3) is 7.61. The maximum absolute atomic E-state index is 12.3. The standard InChI is InChI=1S/C25H30ClN5O5/c1-25(2,3)36-24(34)27-9-5-6-22(33)28-13-15-7-8-16(26)10-18(15)31-23-17-11-20(32)21(35-4)12-19(17)29-14-30-23/h7-8,10-12,14,32H,5-6,9,13H2,1-4H3,(H,27,34)(H,28,33)(H,29,30,31). The predicted octanol–water partition coefficient (Wildman–Crippen LogP) is 4.66. The topological polar surface area (TPSA) is 135 Å². The molecule has 2 amide bonds. The highest BCUT2D eigenvalue weighted by molar-refractivity contribution is 6.30. The largest absolute Gasteiger partial charge is 0.504 e. The van der Waals surface area contributed by atoms with Crippen molar-refractivity contribution in [3.8, 4) is 11.5 Å². The molecular weight excluding hydrogens is 486 g/mol. The summed E-state index contributed by atoms with van der Waals surface area (Å²) in [7, 11) is 1.46. The second-order valence-corrected chi connectivity index (χ2v) is 9.44. The van der Waals surface area contributed by atoms with Crippen molar-refractivity contribution in [2.24, 2.45) is 0 Å². The van der Waals surface area contributed by atoms with E-state index < -0.39 is 11.7 Å². The molecule has 0 spiro atoms. The van der Waals surface area contributed by atoms with E-state index in [4.69, 9.17) is 21.1 Å². The van der Waals surface area contributed by atoms with Crippen LogP contribution in [0.15, 0.2) is 36.7 Å². The molecule has 4 N–H and O–H groups in total. The van der Waals surface area contributed by atoms with E-state index in [1.807, 2.05) is 0 Å². The van der Waals surface area contributed by atoms with E-state index in [0.717, 1.165) is 5.56 Å². The number of rotatable bonds is 9. The minimum Gasteiger partial charge on any atom is -0.504 e. The molecule has 0 radical (unpaired) electrons. The summed E-state index contributed by atoms with van der Waals surface area (Å²) in [6.07, 6.45) is 1.60. The summed E-state index contributed by atoms with van der Waals surface area (Å²) in [6.45, 7) is 5.94. The number of anilines is 2. The number of methoxy groups -OCH3 is 1. The Labute approximate surface area is 214 Å². The lowest BCUT2D eigenvalue weighted by Gasteiger charge is -2.19. The van der Waals surface area contributed by atoms with Gasteiger partial charge in [0.1, 0.15) is 17.7 Å². The van der Waals surface area contributed by atoms with E-state index in [2.05, 4.69) is 25.9 Å². The summed E-state index contributed by atoms with van der Waals surface area (Å²) in [5.74, 6) is 0.564. The molecule has 2 aromatic carbocycles. The van der Waals surface area contributed by atoms with Gasteiger partial charge in [0, 0.05) is 41.7 Å². The van der Waals surface area contributed by atoms with Gasteiger partial charge in [0.05, 0.1) is 12.6 Å². The van der Waals surface area contributed by atoms with Gasteiger partial charge in [-0.1, -0.05) is 17.7 Å². The van der Waals surface area contributed by atoms with Crippen LogP contribution in [-0.2, 0) is 16.1 Å². The summed E-state index contributed by atoms with van der Waals surface area (Å²) >= 11 is 6.22. The lowest BCUT2D eigenvalue weighted by atomic mass is 10.1. The number of phenolic OH excluding ortho intramolecular Hbond substituents is 1. The molecule has 0 saturated heterocycles. The van der Waals surface area contributed by atoms with E-state index in [9.17, 15) is 14.7 Å². The summed E-state index contributed by atoms with van der Waals surface area (Å²) in [5, 5.41) is 20.0. The molecular formula is C25H30ClN5O5. The van der Waals surface area contributed by atoms with Crippen LogP contribution in [0, 0.1) is 0 Å². The maximum Gasteiger partial charge on any atom is 0.407 e. The summed E-state index contributed by atoms with van der Waals surface area (Å²) in [5.41, 5.74) is 1.43. The number of carbonyl (C=O) groups excluding carboxylic acids is 2. The Morgan fingerprint density at radius 1 is 1.11 bits per heavy atom. The number of hydrogen-bond donors (Lipinski definition) is 4. The van der Waals surface area contributed by atoms with Gasteiger partial charge >= 0.3 is 6.09 Å². The number of nitrogens with one attached hydrogen (secondary N) is 3. The summed E-state index contributed by atoms with van der Waals surface area (Å²) in [4.78, 5) is 32.6. The zero-order chi connectivity index (χ0) is 26.3. The number of aromatic nitrogens is 2. The van der Waals surface area contributed by atoms with E-state index >= 15 is 0 Å². The molecule has 11 heteroatoms. The highest BCUT2D eigenvalue weighted by atomic mass is 35.5. The number of alkyl carbamates (subject to hydrolysis) is 1. The number of fused-ring (bicyclic) bond motifs is 1. The lowest BCUT2D eigenvalue weighted by molar-refractivity contribution is -0.121. The Morgan fingerprint density at radius 3 is 2.61 bits per heavy atom. The van der Waals surface area contributed by atoms with Gasteiger partial charge < -0.3 is 30.5 Å². The van der Waals surface area contributed by atoms with Crippen molar-refractivity contribution in [1.29, 1.82) is 0 Å². The predicted molar refractivity (Wildman–Crippen MR) is 138 cm³/mol. The van der Waals surface area contributed by atoms with Gasteiger partial charge in [0.25, 0.3) is 0 Å². The molecule has 0 atom stereocenters. The van der Waals surface area contributed by atoms with Gasteiger partial charge in [-0.05, 0) is 51.0 Å². The minimum atomic E-state index is -0.572. The van der Waals surface area contributed by atoms with Crippen LogP contribution in [-0.4, -0.2) is 46.3 Å². The highest BCUT2D eigenvalue weighted by Gasteiger charge is 2.16. The molecule has 0 aliphatic rings. The van der Waals surface area contributed by atoms with Crippen molar-refractivity contribution >= 4 is 46.0 Å². The normalized spacial score (nSPS) is 11.1. The molecule has 3 aromatic rings. The Balaban J connectivity index is 1.62. The van der Waals surface area contributed by atoms with Crippen molar-refractivity contribution < 1.29 is 24.2 Å². The van der Waals surface area contributed by atoms with Crippen LogP contribution < -0.4 is 20.7 Å². The zero-order valence-corrected chi connectivity index (χ0v) is 21.4. The van der Waals surface area contributed by atoms with E-state index in [1.165, 1.54) is 19.5 Å². The van der Waals surface area contributed by atoms with E-state index in [0.29, 0.717) is 46.1 Å². The first-order chi connectivity index (χ1) is 17.1. The van der Waals surface area contributed by atoms with Crippen LogP contribution >= 0.6 is 11.6 Å². The molecule has 10 nitrogen and oxygen atoms in total. The van der Waals surface area contributed by atoms with Crippen molar-refractivity contribution in [1.82, 2.24) is 20.6 Å². The summed E-state index contributed by atoms with van der Waals surface area (Å²) < 4.78 is 10.3. The number of benzene rings is 2. The van der Waals surface area contributed by atoms with Crippen molar-refractivity contribution in [2.75, 3.05) is 19.0 Å². The van der Waals surface area contributed by atoms with Crippen molar-refractivity contribution in [3.63, 3.8) is 0 Å². The summed E-state index contributed by atoms with van der Waals surface area (Å²) in [6, 6.07) is 8.40. The van der Waals surface area contributed by atoms with Crippen molar-refractivity contribution in [3.05, 3.63) is 47.2 Å². The number of phenols is 1. The molecule has 0 unspecified atom stereocenters. The second-order valence-electron chi connectivity index (χ2n) is 9.00. The van der Waals surface area contributed by atoms with E-state index in [1.54, 1.807) is 45.0 Å². The van der Waals surface area contributed by atoms with Crippen LogP contribution in [0.25, 0.3) is 10.9 Å². The Kier molecular flexibility index (Phi) is 8.76. The fraction of sp³-hybridized carbons (Fsp3) is 0.360. The minimum absolute atomic E-state index is 0.0393.